The van der Waals surface area contributed by atoms with Crippen molar-refractivity contribution < 1.29 is 4.39 Å². The predicted molar refractivity (Wildman–Crippen MR) is 50.7 cm³/mol. The maximum Gasteiger partial charge on any atom is 0.131 e. The van der Waals surface area contributed by atoms with Crippen molar-refractivity contribution >= 4 is 17.7 Å². The minimum absolute atomic E-state index is 0.280. The first kappa shape index (κ1) is 9.76. The first-order valence-corrected chi connectivity index (χ1v) is 4.10. The molecule has 13 heavy (non-hydrogen) atoms. The van der Waals surface area contributed by atoms with Crippen LogP contribution < -0.4 is 0 Å². The Morgan fingerprint density at radius 3 is 2.92 bits per heavy atom. The minimum atomic E-state index is -0.373. The van der Waals surface area contributed by atoms with Crippen molar-refractivity contribution in [2.24, 2.45) is 0 Å². The zero-order valence-electron chi connectivity index (χ0n) is 6.80. The van der Waals surface area contributed by atoms with Gasteiger partial charge in [-0.2, -0.15) is 5.26 Å². The summed E-state index contributed by atoms with van der Waals surface area (Å²) in [7, 11) is 0. The Morgan fingerprint density at radius 2 is 2.31 bits per heavy atom. The third kappa shape index (κ3) is 2.89. The lowest BCUT2D eigenvalue weighted by Gasteiger charge is -1.95. The van der Waals surface area contributed by atoms with Crippen LogP contribution in [0.5, 0.6) is 0 Å². The number of allylic oxidation sites excluding steroid dienone is 1. The molecule has 0 heterocycles. The molecule has 0 bridgehead atoms. The fourth-order valence-electron chi connectivity index (χ4n) is 0.875. The van der Waals surface area contributed by atoms with E-state index in [0.717, 1.165) is 0 Å². The zero-order valence-corrected chi connectivity index (χ0v) is 7.55. The quantitative estimate of drug-likeness (QED) is 0.710. The van der Waals surface area contributed by atoms with Crippen LogP contribution >= 0.6 is 11.6 Å². The molecule has 0 aromatic heterocycles. The molecule has 0 aliphatic rings. The molecule has 0 unspecified atom stereocenters. The van der Waals surface area contributed by atoms with Gasteiger partial charge in [0.05, 0.1) is 12.5 Å². The van der Waals surface area contributed by atoms with Crippen LogP contribution in [-0.2, 0) is 0 Å². The van der Waals surface area contributed by atoms with Crippen molar-refractivity contribution in [2.45, 2.75) is 6.42 Å². The summed E-state index contributed by atoms with van der Waals surface area (Å²) >= 11 is 5.56. The summed E-state index contributed by atoms with van der Waals surface area (Å²) in [5.41, 5.74) is 0.444. The van der Waals surface area contributed by atoms with Gasteiger partial charge in [-0.25, -0.2) is 4.39 Å². The molecule has 66 valence electrons. The summed E-state index contributed by atoms with van der Waals surface area (Å²) in [4.78, 5) is 0. The van der Waals surface area contributed by atoms with Crippen LogP contribution in [0.15, 0.2) is 24.3 Å². The third-order valence-electron chi connectivity index (χ3n) is 1.47. The molecule has 0 N–H and O–H groups in total. The van der Waals surface area contributed by atoms with Crippen molar-refractivity contribution in [3.05, 3.63) is 40.7 Å². The molecule has 0 saturated carbocycles. The summed E-state index contributed by atoms with van der Waals surface area (Å²) in [6.45, 7) is 0. The van der Waals surface area contributed by atoms with Crippen LogP contribution in [0, 0.1) is 17.1 Å². The maximum absolute atomic E-state index is 13.1. The largest absolute Gasteiger partial charge is 0.206 e. The second-order valence-corrected chi connectivity index (χ2v) is 2.87. The molecule has 0 radical (unpaired) electrons. The summed E-state index contributed by atoms with van der Waals surface area (Å²) in [6.07, 6.45) is 3.45. The Bertz CT molecular complexity index is 366. The van der Waals surface area contributed by atoms with E-state index in [1.54, 1.807) is 24.3 Å². The second kappa shape index (κ2) is 4.64. The SMILES string of the molecule is N#CCC=Cc1ccc(Cl)cc1F. The van der Waals surface area contributed by atoms with Crippen LogP contribution in [0.2, 0.25) is 5.02 Å². The molecular weight excluding hydrogens is 189 g/mol. The summed E-state index contributed by atoms with van der Waals surface area (Å²) < 4.78 is 13.1. The van der Waals surface area contributed by atoms with E-state index in [1.807, 2.05) is 6.07 Å². The molecule has 0 aliphatic heterocycles. The Hall–Kier alpha value is -1.33. The van der Waals surface area contributed by atoms with E-state index in [0.29, 0.717) is 10.6 Å². The van der Waals surface area contributed by atoms with E-state index < -0.39 is 0 Å². The number of hydrogen-bond acceptors (Lipinski definition) is 1. The lowest BCUT2D eigenvalue weighted by Crippen LogP contribution is -1.80. The van der Waals surface area contributed by atoms with Gasteiger partial charge in [0, 0.05) is 10.6 Å². The Labute approximate surface area is 81.1 Å². The van der Waals surface area contributed by atoms with Crippen LogP contribution in [0.3, 0.4) is 0 Å². The maximum atomic E-state index is 13.1. The number of rotatable bonds is 2. The van der Waals surface area contributed by atoms with Crippen molar-refractivity contribution in [2.75, 3.05) is 0 Å². The van der Waals surface area contributed by atoms with Crippen molar-refractivity contribution in [3.8, 4) is 6.07 Å². The van der Waals surface area contributed by atoms with Gasteiger partial charge in [-0.15, -0.1) is 0 Å². The van der Waals surface area contributed by atoms with Gasteiger partial charge in [0.2, 0.25) is 0 Å². The fraction of sp³-hybridized carbons (Fsp3) is 0.100. The second-order valence-electron chi connectivity index (χ2n) is 2.43. The molecule has 0 spiro atoms. The number of nitrogens with zero attached hydrogens (tertiary/aromatic N) is 1. The van der Waals surface area contributed by atoms with Gasteiger partial charge in [-0.1, -0.05) is 29.8 Å². The van der Waals surface area contributed by atoms with Crippen LogP contribution in [0.1, 0.15) is 12.0 Å². The highest BCUT2D eigenvalue weighted by Gasteiger charge is 1.97. The molecule has 0 amide bonds. The first-order valence-electron chi connectivity index (χ1n) is 3.72. The summed E-state index contributed by atoms with van der Waals surface area (Å²) in [5.74, 6) is -0.373. The van der Waals surface area contributed by atoms with Gasteiger partial charge in [0.15, 0.2) is 0 Å². The molecule has 0 aliphatic carbocycles. The van der Waals surface area contributed by atoms with Crippen LogP contribution in [0.4, 0.5) is 4.39 Å². The lowest BCUT2D eigenvalue weighted by atomic mass is 10.2. The standard InChI is InChI=1S/C10H7ClFN/c11-9-5-4-8(10(12)7-9)3-1-2-6-13/h1,3-5,7H,2H2. The van der Waals surface area contributed by atoms with E-state index in [4.69, 9.17) is 16.9 Å². The van der Waals surface area contributed by atoms with Crippen LogP contribution in [0.25, 0.3) is 6.08 Å². The van der Waals surface area contributed by atoms with Gasteiger partial charge in [-0.3, -0.25) is 0 Å². The number of halogens is 2. The summed E-state index contributed by atoms with van der Waals surface area (Å²) in [6, 6.07) is 6.36. The van der Waals surface area contributed by atoms with Crippen molar-refractivity contribution in [1.29, 1.82) is 5.26 Å². The average Bonchev–Trinajstić information content (AvgIpc) is 2.09. The van der Waals surface area contributed by atoms with Crippen molar-refractivity contribution in [3.63, 3.8) is 0 Å². The highest BCUT2D eigenvalue weighted by Crippen LogP contribution is 2.15. The molecule has 0 fully saturated rings. The molecule has 3 heteroatoms. The fourth-order valence-corrected chi connectivity index (χ4v) is 1.03. The Balaban J connectivity index is 2.85. The number of hydrogen-bond donors (Lipinski definition) is 0. The molecule has 1 aromatic rings. The summed E-state index contributed by atoms with van der Waals surface area (Å²) in [5, 5.41) is 8.61. The van der Waals surface area contributed by atoms with Gasteiger partial charge >= 0.3 is 0 Å². The predicted octanol–water partition coefficient (Wildman–Crippen LogP) is 3.41. The molecule has 1 rings (SSSR count). The number of benzene rings is 1. The van der Waals surface area contributed by atoms with Crippen LogP contribution in [-0.4, -0.2) is 0 Å². The average molecular weight is 196 g/mol. The lowest BCUT2D eigenvalue weighted by molar-refractivity contribution is 0.625. The monoisotopic (exact) mass is 195 g/mol. The van der Waals surface area contributed by atoms with E-state index in [9.17, 15) is 4.39 Å². The van der Waals surface area contributed by atoms with Gasteiger partial charge < -0.3 is 0 Å². The van der Waals surface area contributed by atoms with E-state index in [-0.39, 0.29) is 12.2 Å². The van der Waals surface area contributed by atoms with Gasteiger partial charge in [0.25, 0.3) is 0 Å². The topological polar surface area (TPSA) is 23.8 Å². The normalized spacial score (nSPS) is 10.2. The molecule has 1 nitrogen and oxygen atoms in total. The first-order chi connectivity index (χ1) is 6.24. The number of nitriles is 1. The molecule has 1 aromatic carbocycles. The highest BCUT2D eigenvalue weighted by molar-refractivity contribution is 6.30. The van der Waals surface area contributed by atoms with E-state index in [2.05, 4.69) is 0 Å². The zero-order chi connectivity index (χ0) is 9.68. The highest BCUT2D eigenvalue weighted by atomic mass is 35.5. The third-order valence-corrected chi connectivity index (χ3v) is 1.70. The van der Waals surface area contributed by atoms with E-state index in [1.165, 1.54) is 6.07 Å². The Kier molecular flexibility index (Phi) is 3.48. The van der Waals surface area contributed by atoms with Gasteiger partial charge in [-0.05, 0) is 12.1 Å². The molecule has 0 atom stereocenters. The minimum Gasteiger partial charge on any atom is -0.206 e. The van der Waals surface area contributed by atoms with Gasteiger partial charge in [0.1, 0.15) is 5.82 Å². The molecular formula is C10H7ClFN. The smallest absolute Gasteiger partial charge is 0.131 e. The van der Waals surface area contributed by atoms with E-state index >= 15 is 0 Å². The molecule has 0 saturated heterocycles. The Morgan fingerprint density at radius 1 is 1.54 bits per heavy atom. The van der Waals surface area contributed by atoms with Crippen molar-refractivity contribution in [1.82, 2.24) is 0 Å².